The number of nitrogens with one attached hydrogen (secondary N) is 1. The van der Waals surface area contributed by atoms with Crippen LogP contribution in [0.25, 0.3) is 0 Å². The van der Waals surface area contributed by atoms with Crippen molar-refractivity contribution in [3.05, 3.63) is 66.0 Å². The van der Waals surface area contributed by atoms with Crippen molar-refractivity contribution in [3.8, 4) is 0 Å². The molecule has 1 heterocycles. The maximum absolute atomic E-state index is 9.93. The van der Waals surface area contributed by atoms with Crippen LogP contribution in [0.4, 0.5) is 0 Å². The third-order valence-electron chi connectivity index (χ3n) is 2.86. The van der Waals surface area contributed by atoms with Crippen LogP contribution >= 0.6 is 0 Å². The lowest BCUT2D eigenvalue weighted by Crippen LogP contribution is -2.23. The van der Waals surface area contributed by atoms with E-state index in [2.05, 4.69) is 22.4 Å². The Hall–Kier alpha value is -1.71. The first-order valence-electron chi connectivity index (χ1n) is 6.19. The zero-order chi connectivity index (χ0) is 12.6. The van der Waals surface area contributed by atoms with E-state index in [1.54, 1.807) is 12.4 Å². The minimum Gasteiger partial charge on any atom is -0.387 e. The lowest BCUT2D eigenvalue weighted by molar-refractivity contribution is 0.175. The number of aliphatic hydroxyl groups is 1. The van der Waals surface area contributed by atoms with E-state index < -0.39 is 6.10 Å². The average molecular weight is 242 g/mol. The van der Waals surface area contributed by atoms with Crippen LogP contribution in [-0.2, 0) is 6.42 Å². The van der Waals surface area contributed by atoms with E-state index in [1.807, 2.05) is 30.3 Å². The molecule has 1 atom stereocenters. The molecule has 0 spiro atoms. The fourth-order valence-electron chi connectivity index (χ4n) is 1.82. The van der Waals surface area contributed by atoms with Gasteiger partial charge in [0, 0.05) is 18.9 Å². The molecular weight excluding hydrogens is 224 g/mol. The van der Waals surface area contributed by atoms with Crippen LogP contribution in [0.1, 0.15) is 17.2 Å². The van der Waals surface area contributed by atoms with Gasteiger partial charge in [-0.3, -0.25) is 4.98 Å². The molecule has 0 amide bonds. The molecule has 0 aliphatic rings. The molecule has 1 unspecified atom stereocenters. The molecule has 3 heteroatoms. The number of nitrogens with zero attached hydrogens (tertiary/aromatic N) is 1. The minimum atomic E-state index is -0.469. The molecule has 18 heavy (non-hydrogen) atoms. The summed E-state index contributed by atoms with van der Waals surface area (Å²) < 4.78 is 0. The van der Waals surface area contributed by atoms with E-state index in [-0.39, 0.29) is 0 Å². The molecule has 0 aliphatic heterocycles. The second kappa shape index (κ2) is 6.89. The van der Waals surface area contributed by atoms with Gasteiger partial charge in [-0.1, -0.05) is 30.3 Å². The molecule has 0 fully saturated rings. The highest BCUT2D eigenvalue weighted by Crippen LogP contribution is 2.09. The molecular formula is C15H18N2O. The molecule has 0 radical (unpaired) electrons. The van der Waals surface area contributed by atoms with E-state index in [1.165, 1.54) is 5.56 Å². The Morgan fingerprint density at radius 3 is 2.50 bits per heavy atom. The highest BCUT2D eigenvalue weighted by atomic mass is 16.3. The largest absolute Gasteiger partial charge is 0.387 e. The van der Waals surface area contributed by atoms with Crippen LogP contribution in [0.15, 0.2) is 54.9 Å². The first-order chi connectivity index (χ1) is 8.86. The summed E-state index contributed by atoms with van der Waals surface area (Å²) in [6.07, 6.45) is 3.90. The first-order valence-corrected chi connectivity index (χ1v) is 6.19. The van der Waals surface area contributed by atoms with E-state index in [0.29, 0.717) is 6.54 Å². The number of benzene rings is 1. The Bertz CT molecular complexity index is 445. The molecule has 0 bridgehead atoms. The van der Waals surface area contributed by atoms with Gasteiger partial charge in [0.05, 0.1) is 6.10 Å². The van der Waals surface area contributed by atoms with Gasteiger partial charge in [0.1, 0.15) is 0 Å². The summed E-state index contributed by atoms with van der Waals surface area (Å²) in [6, 6.07) is 14.0. The standard InChI is InChI=1S/C15H18N2O/c18-15(14-7-10-16-11-8-14)12-17-9-6-13-4-2-1-3-5-13/h1-5,7-8,10-11,15,17-18H,6,9,12H2. The van der Waals surface area contributed by atoms with Gasteiger partial charge in [-0.2, -0.15) is 0 Å². The SMILES string of the molecule is OC(CNCCc1ccccc1)c1ccncc1. The predicted molar refractivity (Wildman–Crippen MR) is 72.2 cm³/mol. The van der Waals surface area contributed by atoms with E-state index in [9.17, 15) is 5.11 Å². The summed E-state index contributed by atoms with van der Waals surface area (Å²) in [5.74, 6) is 0. The molecule has 1 aromatic heterocycles. The quantitative estimate of drug-likeness (QED) is 0.761. The fraction of sp³-hybridized carbons (Fsp3) is 0.267. The van der Waals surface area contributed by atoms with Crippen molar-refractivity contribution in [1.29, 1.82) is 0 Å². The van der Waals surface area contributed by atoms with Crippen LogP contribution in [-0.4, -0.2) is 23.2 Å². The molecule has 2 rings (SSSR count). The zero-order valence-electron chi connectivity index (χ0n) is 10.3. The third-order valence-corrected chi connectivity index (χ3v) is 2.86. The second-order valence-electron chi connectivity index (χ2n) is 4.24. The predicted octanol–water partition coefficient (Wildman–Crippen LogP) is 1.95. The Balaban J connectivity index is 1.70. The second-order valence-corrected chi connectivity index (χ2v) is 4.24. The van der Waals surface area contributed by atoms with Gasteiger partial charge in [0.15, 0.2) is 0 Å². The van der Waals surface area contributed by atoms with Crippen LogP contribution in [0, 0.1) is 0 Å². The van der Waals surface area contributed by atoms with E-state index in [0.717, 1.165) is 18.5 Å². The van der Waals surface area contributed by atoms with Crippen LogP contribution in [0.2, 0.25) is 0 Å². The Morgan fingerprint density at radius 1 is 1.06 bits per heavy atom. The number of aliphatic hydroxyl groups excluding tert-OH is 1. The van der Waals surface area contributed by atoms with Crippen molar-refractivity contribution >= 4 is 0 Å². The smallest absolute Gasteiger partial charge is 0.0915 e. The minimum absolute atomic E-state index is 0.469. The summed E-state index contributed by atoms with van der Waals surface area (Å²) in [4.78, 5) is 3.93. The topological polar surface area (TPSA) is 45.1 Å². The average Bonchev–Trinajstić information content (AvgIpc) is 2.45. The van der Waals surface area contributed by atoms with Crippen LogP contribution in [0.5, 0.6) is 0 Å². The molecule has 2 aromatic rings. The summed E-state index contributed by atoms with van der Waals surface area (Å²) in [6.45, 7) is 1.43. The zero-order valence-corrected chi connectivity index (χ0v) is 10.3. The number of hydrogen-bond acceptors (Lipinski definition) is 3. The van der Waals surface area contributed by atoms with Gasteiger partial charge in [-0.05, 0) is 36.2 Å². The Kier molecular flexibility index (Phi) is 4.88. The fourth-order valence-corrected chi connectivity index (χ4v) is 1.82. The van der Waals surface area contributed by atoms with Gasteiger partial charge in [-0.25, -0.2) is 0 Å². The molecule has 94 valence electrons. The van der Waals surface area contributed by atoms with Crippen molar-refractivity contribution in [2.75, 3.05) is 13.1 Å². The molecule has 0 aliphatic carbocycles. The Morgan fingerprint density at radius 2 is 1.78 bits per heavy atom. The first kappa shape index (κ1) is 12.7. The molecule has 1 aromatic carbocycles. The number of pyridine rings is 1. The Labute approximate surface area is 108 Å². The normalized spacial score (nSPS) is 12.3. The van der Waals surface area contributed by atoms with Crippen LogP contribution in [0.3, 0.4) is 0 Å². The van der Waals surface area contributed by atoms with Crippen LogP contribution < -0.4 is 5.32 Å². The lowest BCUT2D eigenvalue weighted by Gasteiger charge is -2.11. The number of rotatable bonds is 6. The number of hydrogen-bond donors (Lipinski definition) is 2. The molecule has 2 N–H and O–H groups in total. The van der Waals surface area contributed by atoms with Gasteiger partial charge < -0.3 is 10.4 Å². The van der Waals surface area contributed by atoms with Crippen molar-refractivity contribution < 1.29 is 5.11 Å². The summed E-state index contributed by atoms with van der Waals surface area (Å²) in [5.41, 5.74) is 2.21. The van der Waals surface area contributed by atoms with Crippen molar-refractivity contribution in [3.63, 3.8) is 0 Å². The monoisotopic (exact) mass is 242 g/mol. The maximum Gasteiger partial charge on any atom is 0.0915 e. The molecule has 0 saturated carbocycles. The van der Waals surface area contributed by atoms with E-state index in [4.69, 9.17) is 0 Å². The summed E-state index contributed by atoms with van der Waals surface area (Å²) in [7, 11) is 0. The summed E-state index contributed by atoms with van der Waals surface area (Å²) >= 11 is 0. The van der Waals surface area contributed by atoms with Gasteiger partial charge in [-0.15, -0.1) is 0 Å². The van der Waals surface area contributed by atoms with E-state index >= 15 is 0 Å². The highest BCUT2D eigenvalue weighted by Gasteiger charge is 2.05. The number of aromatic nitrogens is 1. The third kappa shape index (κ3) is 3.95. The van der Waals surface area contributed by atoms with Gasteiger partial charge >= 0.3 is 0 Å². The van der Waals surface area contributed by atoms with Crippen molar-refractivity contribution in [2.24, 2.45) is 0 Å². The maximum atomic E-state index is 9.93. The summed E-state index contributed by atoms with van der Waals surface area (Å²) in [5, 5.41) is 13.2. The van der Waals surface area contributed by atoms with Gasteiger partial charge in [0.2, 0.25) is 0 Å². The van der Waals surface area contributed by atoms with Gasteiger partial charge in [0.25, 0.3) is 0 Å². The molecule has 0 saturated heterocycles. The van der Waals surface area contributed by atoms with Crippen molar-refractivity contribution in [2.45, 2.75) is 12.5 Å². The highest BCUT2D eigenvalue weighted by molar-refractivity contribution is 5.15. The van der Waals surface area contributed by atoms with Crippen molar-refractivity contribution in [1.82, 2.24) is 10.3 Å². The lowest BCUT2D eigenvalue weighted by atomic mass is 10.1. The molecule has 3 nitrogen and oxygen atoms in total.